The average molecular weight is 265 g/mol. The highest BCUT2D eigenvalue weighted by atomic mass is 16.5. The van der Waals surface area contributed by atoms with Crippen LogP contribution in [0.4, 0.5) is 0 Å². The van der Waals surface area contributed by atoms with Crippen molar-refractivity contribution in [2.75, 3.05) is 20.7 Å². The molecule has 0 saturated carbocycles. The molecule has 3 nitrogen and oxygen atoms in total. The Morgan fingerprint density at radius 1 is 1.32 bits per heavy atom. The summed E-state index contributed by atoms with van der Waals surface area (Å²) in [6.45, 7) is 8.17. The van der Waals surface area contributed by atoms with Gasteiger partial charge in [-0.15, -0.1) is 0 Å². The maximum absolute atomic E-state index is 9.67. The minimum Gasteiger partial charge on any atom is -0.496 e. The number of aliphatic hydroxyl groups excluding tert-OH is 1. The van der Waals surface area contributed by atoms with Gasteiger partial charge in [0.2, 0.25) is 0 Å². The van der Waals surface area contributed by atoms with E-state index in [1.54, 1.807) is 14.0 Å². The van der Waals surface area contributed by atoms with Crippen molar-refractivity contribution in [3.05, 3.63) is 29.3 Å². The summed E-state index contributed by atoms with van der Waals surface area (Å²) in [7, 11) is 3.82. The van der Waals surface area contributed by atoms with Crippen LogP contribution >= 0.6 is 0 Å². The number of rotatable bonds is 7. The summed E-state index contributed by atoms with van der Waals surface area (Å²) in [4.78, 5) is 2.30. The van der Waals surface area contributed by atoms with Gasteiger partial charge in [-0.05, 0) is 37.6 Å². The molecule has 1 N–H and O–H groups in total. The molecule has 0 heterocycles. The Kier molecular flexibility index (Phi) is 6.32. The molecule has 0 aliphatic heterocycles. The second-order valence-corrected chi connectivity index (χ2v) is 5.46. The van der Waals surface area contributed by atoms with Crippen molar-refractivity contribution in [2.24, 2.45) is 5.92 Å². The monoisotopic (exact) mass is 265 g/mol. The van der Waals surface area contributed by atoms with Gasteiger partial charge in [0.15, 0.2) is 0 Å². The molecule has 1 aromatic rings. The minimum absolute atomic E-state index is 0.440. The van der Waals surface area contributed by atoms with E-state index < -0.39 is 6.10 Å². The highest BCUT2D eigenvalue weighted by Crippen LogP contribution is 2.24. The molecule has 19 heavy (non-hydrogen) atoms. The first-order valence-electron chi connectivity index (χ1n) is 7.01. The molecule has 2 unspecified atom stereocenters. The Bertz CT molecular complexity index is 390. The molecule has 108 valence electrons. The van der Waals surface area contributed by atoms with E-state index in [1.165, 1.54) is 6.42 Å². The Hall–Kier alpha value is -1.06. The molecule has 1 aromatic carbocycles. The van der Waals surface area contributed by atoms with E-state index in [0.29, 0.717) is 5.92 Å². The number of methoxy groups -OCH3 is 1. The molecule has 0 radical (unpaired) electrons. The van der Waals surface area contributed by atoms with Crippen LogP contribution < -0.4 is 4.74 Å². The highest BCUT2D eigenvalue weighted by molar-refractivity contribution is 5.38. The summed E-state index contributed by atoms with van der Waals surface area (Å²) in [5.74, 6) is 1.58. The largest absolute Gasteiger partial charge is 0.496 e. The van der Waals surface area contributed by atoms with E-state index in [9.17, 15) is 5.11 Å². The molecule has 0 aromatic heterocycles. The van der Waals surface area contributed by atoms with Crippen LogP contribution in [-0.4, -0.2) is 30.7 Å². The third kappa shape index (κ3) is 4.84. The maximum Gasteiger partial charge on any atom is 0.123 e. The van der Waals surface area contributed by atoms with Crippen molar-refractivity contribution in [3.8, 4) is 5.75 Å². The summed E-state index contributed by atoms with van der Waals surface area (Å²) >= 11 is 0. The van der Waals surface area contributed by atoms with E-state index in [-0.39, 0.29) is 0 Å². The van der Waals surface area contributed by atoms with Gasteiger partial charge < -0.3 is 14.7 Å². The van der Waals surface area contributed by atoms with Gasteiger partial charge in [-0.1, -0.05) is 26.3 Å². The van der Waals surface area contributed by atoms with Crippen molar-refractivity contribution < 1.29 is 9.84 Å². The molecule has 0 amide bonds. The number of hydrogen-bond donors (Lipinski definition) is 1. The Labute approximate surface area is 117 Å². The number of ether oxygens (including phenoxy) is 1. The number of aliphatic hydroxyl groups is 1. The van der Waals surface area contributed by atoms with Crippen LogP contribution in [0.5, 0.6) is 5.75 Å². The summed E-state index contributed by atoms with van der Waals surface area (Å²) in [5, 5.41) is 9.67. The minimum atomic E-state index is -0.440. The quantitative estimate of drug-likeness (QED) is 0.821. The van der Waals surface area contributed by atoms with Crippen molar-refractivity contribution >= 4 is 0 Å². The van der Waals surface area contributed by atoms with Crippen LogP contribution in [0.15, 0.2) is 18.2 Å². The number of hydrogen-bond acceptors (Lipinski definition) is 3. The molecule has 3 heteroatoms. The molecule has 2 atom stereocenters. The standard InChI is InChI=1S/C16H27NO2/c1-6-12(2)10-17(4)11-15-9-14(13(3)18)7-8-16(15)19-5/h7-9,12-13,18H,6,10-11H2,1-5H3. The first kappa shape index (κ1) is 16.0. The van der Waals surface area contributed by atoms with Gasteiger partial charge >= 0.3 is 0 Å². The van der Waals surface area contributed by atoms with Gasteiger partial charge in [0.25, 0.3) is 0 Å². The first-order valence-corrected chi connectivity index (χ1v) is 7.01. The summed E-state index contributed by atoms with van der Waals surface area (Å²) in [5.41, 5.74) is 2.07. The van der Waals surface area contributed by atoms with Gasteiger partial charge in [-0.25, -0.2) is 0 Å². The normalized spacial score (nSPS) is 14.5. The average Bonchev–Trinajstić information content (AvgIpc) is 2.38. The molecular weight excluding hydrogens is 238 g/mol. The number of nitrogens with zero attached hydrogens (tertiary/aromatic N) is 1. The lowest BCUT2D eigenvalue weighted by Crippen LogP contribution is -2.24. The second kappa shape index (κ2) is 7.51. The first-order chi connectivity index (χ1) is 8.97. The van der Waals surface area contributed by atoms with Crippen molar-refractivity contribution in [1.29, 1.82) is 0 Å². The zero-order chi connectivity index (χ0) is 14.4. The molecule has 0 spiro atoms. The zero-order valence-electron chi connectivity index (χ0n) is 12.8. The SMILES string of the molecule is CCC(C)CN(C)Cc1cc(C(C)O)ccc1OC. The van der Waals surface area contributed by atoms with Crippen LogP contribution in [0.3, 0.4) is 0 Å². The third-order valence-electron chi connectivity index (χ3n) is 3.55. The molecule has 0 aliphatic rings. The summed E-state index contributed by atoms with van der Waals surface area (Å²) < 4.78 is 5.40. The maximum atomic E-state index is 9.67. The van der Waals surface area contributed by atoms with E-state index in [4.69, 9.17) is 4.74 Å². The van der Waals surface area contributed by atoms with E-state index in [2.05, 4.69) is 25.8 Å². The van der Waals surface area contributed by atoms with Crippen LogP contribution in [0, 0.1) is 5.92 Å². The topological polar surface area (TPSA) is 32.7 Å². The van der Waals surface area contributed by atoms with Crippen molar-refractivity contribution in [3.63, 3.8) is 0 Å². The molecule has 0 bridgehead atoms. The fourth-order valence-corrected chi connectivity index (χ4v) is 2.20. The van der Waals surface area contributed by atoms with Gasteiger partial charge in [-0.2, -0.15) is 0 Å². The van der Waals surface area contributed by atoms with Crippen LogP contribution in [0.2, 0.25) is 0 Å². The molecule has 0 fully saturated rings. The fraction of sp³-hybridized carbons (Fsp3) is 0.625. The van der Waals surface area contributed by atoms with Crippen LogP contribution in [0.1, 0.15) is 44.4 Å². The van der Waals surface area contributed by atoms with Gasteiger partial charge in [0, 0.05) is 18.7 Å². The smallest absolute Gasteiger partial charge is 0.123 e. The lowest BCUT2D eigenvalue weighted by molar-refractivity contribution is 0.198. The summed E-state index contributed by atoms with van der Waals surface area (Å²) in [6, 6.07) is 5.90. The predicted octanol–water partition coefficient (Wildman–Crippen LogP) is 3.23. The second-order valence-electron chi connectivity index (χ2n) is 5.46. The lowest BCUT2D eigenvalue weighted by Gasteiger charge is -2.22. The molecule has 1 rings (SSSR count). The number of benzene rings is 1. The fourth-order valence-electron chi connectivity index (χ4n) is 2.20. The van der Waals surface area contributed by atoms with E-state index in [0.717, 1.165) is 30.0 Å². The van der Waals surface area contributed by atoms with Gasteiger partial charge in [0.05, 0.1) is 13.2 Å². The molecular formula is C16H27NO2. The van der Waals surface area contributed by atoms with E-state index >= 15 is 0 Å². The zero-order valence-corrected chi connectivity index (χ0v) is 12.8. The predicted molar refractivity (Wildman–Crippen MR) is 79.4 cm³/mol. The van der Waals surface area contributed by atoms with Crippen molar-refractivity contribution in [1.82, 2.24) is 4.90 Å². The Balaban J connectivity index is 2.82. The van der Waals surface area contributed by atoms with Crippen LogP contribution in [-0.2, 0) is 6.54 Å². The molecule has 0 aliphatic carbocycles. The Morgan fingerprint density at radius 2 is 2.00 bits per heavy atom. The lowest BCUT2D eigenvalue weighted by atomic mass is 10.0. The van der Waals surface area contributed by atoms with Gasteiger partial charge in [0.1, 0.15) is 5.75 Å². The Morgan fingerprint density at radius 3 is 2.53 bits per heavy atom. The molecule has 0 saturated heterocycles. The summed E-state index contributed by atoms with van der Waals surface area (Å²) in [6.07, 6.45) is 0.749. The third-order valence-corrected chi connectivity index (χ3v) is 3.55. The van der Waals surface area contributed by atoms with E-state index in [1.807, 2.05) is 18.2 Å². The van der Waals surface area contributed by atoms with Crippen LogP contribution in [0.25, 0.3) is 0 Å². The van der Waals surface area contributed by atoms with Gasteiger partial charge in [-0.3, -0.25) is 0 Å². The van der Waals surface area contributed by atoms with Crippen molar-refractivity contribution in [2.45, 2.75) is 39.8 Å². The highest BCUT2D eigenvalue weighted by Gasteiger charge is 2.11.